The van der Waals surface area contributed by atoms with Crippen LogP contribution in [0.15, 0.2) is 30.4 Å². The van der Waals surface area contributed by atoms with Crippen LogP contribution in [-0.2, 0) is 9.59 Å². The number of carbonyl (C=O) groups excluding carboxylic acids is 3. The Labute approximate surface area is 145 Å². The van der Waals surface area contributed by atoms with Crippen LogP contribution in [0.25, 0.3) is 0 Å². The molecule has 2 amide bonds. The summed E-state index contributed by atoms with van der Waals surface area (Å²) in [4.78, 5) is 39.4. The number of benzene rings is 1. The molecule has 1 saturated heterocycles. The van der Waals surface area contributed by atoms with Crippen molar-refractivity contribution in [2.45, 2.75) is 13.3 Å². The van der Waals surface area contributed by atoms with E-state index in [2.05, 4.69) is 12.2 Å². The van der Waals surface area contributed by atoms with Crippen molar-refractivity contribution in [3.8, 4) is 5.75 Å². The van der Waals surface area contributed by atoms with E-state index in [1.165, 1.54) is 18.9 Å². The summed E-state index contributed by atoms with van der Waals surface area (Å²) in [5, 5.41) is 0. The molecule has 1 aromatic carbocycles. The molecule has 4 aliphatic carbocycles. The number of ether oxygens (including phenoxy) is 1. The lowest BCUT2D eigenvalue weighted by atomic mass is 9.63. The van der Waals surface area contributed by atoms with E-state index in [4.69, 9.17) is 4.74 Å². The summed E-state index contributed by atoms with van der Waals surface area (Å²) in [6.07, 6.45) is 5.44. The summed E-state index contributed by atoms with van der Waals surface area (Å²) in [5.74, 6) is 1.05. The first-order valence-corrected chi connectivity index (χ1v) is 8.78. The van der Waals surface area contributed by atoms with Crippen molar-refractivity contribution in [1.29, 1.82) is 0 Å². The lowest BCUT2D eigenvalue weighted by Gasteiger charge is -2.37. The van der Waals surface area contributed by atoms with Gasteiger partial charge in [0, 0.05) is 5.56 Å². The van der Waals surface area contributed by atoms with Gasteiger partial charge in [-0.25, -0.2) is 4.90 Å². The third kappa shape index (κ3) is 1.81. The summed E-state index contributed by atoms with van der Waals surface area (Å²) < 4.78 is 5.37. The maximum atomic E-state index is 13.2. The predicted molar refractivity (Wildman–Crippen MR) is 90.2 cm³/mol. The number of carbonyl (C=O) groups is 3. The van der Waals surface area contributed by atoms with Crippen molar-refractivity contribution >= 4 is 23.3 Å². The van der Waals surface area contributed by atoms with Crippen LogP contribution in [-0.4, -0.2) is 24.7 Å². The van der Waals surface area contributed by atoms with E-state index in [9.17, 15) is 14.4 Å². The maximum Gasteiger partial charge on any atom is 0.238 e. The normalized spacial score (nSPS) is 37.1. The van der Waals surface area contributed by atoms with Crippen LogP contribution in [0, 0.1) is 35.5 Å². The van der Waals surface area contributed by atoms with Gasteiger partial charge < -0.3 is 4.74 Å². The van der Waals surface area contributed by atoms with Crippen molar-refractivity contribution in [3.63, 3.8) is 0 Å². The Kier molecular flexibility index (Phi) is 2.86. The number of methoxy groups -OCH3 is 1. The molecular weight excluding hydrogens is 318 g/mol. The van der Waals surface area contributed by atoms with E-state index in [1.807, 2.05) is 0 Å². The van der Waals surface area contributed by atoms with Gasteiger partial charge in [-0.05, 0) is 55.2 Å². The number of hydrogen-bond donors (Lipinski definition) is 0. The summed E-state index contributed by atoms with van der Waals surface area (Å²) >= 11 is 0. The van der Waals surface area contributed by atoms with Crippen molar-refractivity contribution < 1.29 is 19.1 Å². The van der Waals surface area contributed by atoms with E-state index in [0.717, 1.165) is 6.42 Å². The molecule has 1 aliphatic heterocycles. The molecule has 128 valence electrons. The average Bonchev–Trinajstić information content (AvgIpc) is 3.39. The molecule has 2 bridgehead atoms. The van der Waals surface area contributed by atoms with Gasteiger partial charge in [0.2, 0.25) is 11.8 Å². The van der Waals surface area contributed by atoms with E-state index in [0.29, 0.717) is 28.8 Å². The van der Waals surface area contributed by atoms with Gasteiger partial charge in [0.1, 0.15) is 5.75 Å². The van der Waals surface area contributed by atoms with E-state index in [1.54, 1.807) is 18.2 Å². The zero-order valence-electron chi connectivity index (χ0n) is 14.1. The molecule has 5 heteroatoms. The van der Waals surface area contributed by atoms with Crippen molar-refractivity contribution in [3.05, 3.63) is 35.9 Å². The molecule has 0 spiro atoms. The molecule has 5 aliphatic rings. The Morgan fingerprint density at radius 2 is 1.68 bits per heavy atom. The third-order valence-corrected chi connectivity index (χ3v) is 6.49. The standard InChI is InChI=1S/C20H19NO4/c1-9(22)10-3-6-16(25-2)15(7-10)21-19(23)17-11-4-5-12(14-8-13(11)14)18(17)20(21)24/h3-7,11-14,17-18H,8H2,1-2H3/t11-,12-,13-,14+,17-,18+/m0/s1. The Balaban J connectivity index is 1.60. The molecule has 1 aromatic rings. The van der Waals surface area contributed by atoms with Gasteiger partial charge in [0.25, 0.3) is 0 Å². The second-order valence-corrected chi connectivity index (χ2v) is 7.61. The number of imide groups is 1. The van der Waals surface area contributed by atoms with Gasteiger partial charge in [-0.15, -0.1) is 0 Å². The Hall–Kier alpha value is -2.43. The molecule has 6 rings (SSSR count). The van der Waals surface area contributed by atoms with Crippen LogP contribution >= 0.6 is 0 Å². The van der Waals surface area contributed by atoms with Crippen molar-refractivity contribution in [2.75, 3.05) is 12.0 Å². The van der Waals surface area contributed by atoms with Gasteiger partial charge in [-0.1, -0.05) is 12.2 Å². The fourth-order valence-corrected chi connectivity index (χ4v) is 5.28. The van der Waals surface area contributed by atoms with E-state index >= 15 is 0 Å². The largest absolute Gasteiger partial charge is 0.495 e. The third-order valence-electron chi connectivity index (χ3n) is 6.49. The van der Waals surface area contributed by atoms with E-state index < -0.39 is 0 Å². The van der Waals surface area contributed by atoms with Crippen LogP contribution in [0.1, 0.15) is 23.7 Å². The minimum absolute atomic E-state index is 0.108. The minimum atomic E-state index is -0.253. The molecule has 5 nitrogen and oxygen atoms in total. The van der Waals surface area contributed by atoms with Crippen LogP contribution in [0.5, 0.6) is 5.75 Å². The van der Waals surface area contributed by atoms with Gasteiger partial charge in [-0.2, -0.15) is 0 Å². The van der Waals surface area contributed by atoms with Crippen LogP contribution in [0.2, 0.25) is 0 Å². The highest BCUT2D eigenvalue weighted by atomic mass is 16.5. The minimum Gasteiger partial charge on any atom is -0.495 e. The molecule has 1 heterocycles. The molecule has 0 aromatic heterocycles. The maximum absolute atomic E-state index is 13.2. The van der Waals surface area contributed by atoms with Crippen LogP contribution in [0.4, 0.5) is 5.69 Å². The summed E-state index contributed by atoms with van der Waals surface area (Å²) in [6, 6.07) is 4.91. The van der Waals surface area contributed by atoms with Gasteiger partial charge in [-0.3, -0.25) is 14.4 Å². The fraction of sp³-hybridized carbons (Fsp3) is 0.450. The topological polar surface area (TPSA) is 63.7 Å². The lowest BCUT2D eigenvalue weighted by Crippen LogP contribution is -2.40. The molecule has 0 radical (unpaired) electrons. The molecule has 2 saturated carbocycles. The molecule has 0 unspecified atom stereocenters. The second-order valence-electron chi connectivity index (χ2n) is 7.61. The highest BCUT2D eigenvalue weighted by Crippen LogP contribution is 2.65. The molecule has 25 heavy (non-hydrogen) atoms. The predicted octanol–water partition coefficient (Wildman–Crippen LogP) is 2.46. The highest BCUT2D eigenvalue weighted by Gasteiger charge is 2.67. The number of allylic oxidation sites excluding steroid dienone is 2. The first kappa shape index (κ1) is 14.9. The van der Waals surface area contributed by atoms with Gasteiger partial charge >= 0.3 is 0 Å². The average molecular weight is 337 g/mol. The number of amides is 2. The van der Waals surface area contributed by atoms with Crippen molar-refractivity contribution in [1.82, 2.24) is 0 Å². The molecular formula is C20H19NO4. The fourth-order valence-electron chi connectivity index (χ4n) is 5.28. The zero-order valence-corrected chi connectivity index (χ0v) is 14.1. The van der Waals surface area contributed by atoms with Crippen LogP contribution in [0.3, 0.4) is 0 Å². The first-order chi connectivity index (χ1) is 12.0. The number of rotatable bonds is 3. The number of anilines is 1. The van der Waals surface area contributed by atoms with E-state index in [-0.39, 0.29) is 41.3 Å². The van der Waals surface area contributed by atoms with Crippen LogP contribution < -0.4 is 9.64 Å². The smallest absolute Gasteiger partial charge is 0.238 e. The Bertz CT molecular complexity index is 821. The number of nitrogens with zero attached hydrogens (tertiary/aromatic N) is 1. The highest BCUT2D eigenvalue weighted by molar-refractivity contribution is 6.23. The summed E-state index contributed by atoms with van der Waals surface area (Å²) in [6.45, 7) is 1.47. The summed E-state index contributed by atoms with van der Waals surface area (Å²) in [7, 11) is 1.50. The second kappa shape index (κ2) is 4.81. The van der Waals surface area contributed by atoms with Crippen molar-refractivity contribution in [2.24, 2.45) is 35.5 Å². The monoisotopic (exact) mass is 337 g/mol. The Morgan fingerprint density at radius 1 is 1.08 bits per heavy atom. The number of hydrogen-bond acceptors (Lipinski definition) is 4. The quantitative estimate of drug-likeness (QED) is 0.483. The molecule has 6 atom stereocenters. The number of ketones is 1. The lowest BCUT2D eigenvalue weighted by molar-refractivity contribution is -0.124. The van der Waals surface area contributed by atoms with Gasteiger partial charge in [0.15, 0.2) is 5.78 Å². The molecule has 0 N–H and O–H groups in total. The Morgan fingerprint density at radius 3 is 2.20 bits per heavy atom. The number of Topliss-reactive ketones (excluding diaryl/α,β-unsaturated/α-hetero) is 1. The first-order valence-electron chi connectivity index (χ1n) is 8.78. The summed E-state index contributed by atoms with van der Waals surface area (Å²) in [5.41, 5.74) is 0.864. The zero-order chi connectivity index (χ0) is 17.5. The van der Waals surface area contributed by atoms with Gasteiger partial charge in [0.05, 0.1) is 24.6 Å². The molecule has 3 fully saturated rings. The SMILES string of the molecule is COc1ccc(C(C)=O)cc1N1C(=O)[C@@H]2[C@H]3C=C[C@@H]([C@@H]4C[C@H]34)[C@@H]2C1=O.